The lowest BCUT2D eigenvalue weighted by atomic mass is 9.88. The third kappa shape index (κ3) is 5.76. The Labute approximate surface area is 200 Å². The number of fused-ring (bicyclic) bond motifs is 1. The van der Waals surface area contributed by atoms with E-state index in [2.05, 4.69) is 10.6 Å². The van der Waals surface area contributed by atoms with E-state index >= 15 is 0 Å². The van der Waals surface area contributed by atoms with Gasteiger partial charge in [-0.05, 0) is 49.1 Å². The summed E-state index contributed by atoms with van der Waals surface area (Å²) in [5, 5.41) is 9.38. The van der Waals surface area contributed by atoms with Gasteiger partial charge in [-0.2, -0.15) is 0 Å². The van der Waals surface area contributed by atoms with Crippen LogP contribution in [0.2, 0.25) is 0 Å². The van der Waals surface area contributed by atoms with Crippen LogP contribution in [-0.2, 0) is 22.6 Å². The van der Waals surface area contributed by atoms with Crippen LogP contribution in [0.15, 0.2) is 48.5 Å². The SMILES string of the molecule is COc1ccc(CCN(CC(=O)O)C(=O)CCn2c(C3CCCCC3)nc3ccccc32)cc1. The fraction of sp³-hybridized carbons (Fsp3) is 0.444. The minimum atomic E-state index is -1.00. The van der Waals surface area contributed by atoms with Crippen molar-refractivity contribution in [1.29, 1.82) is 0 Å². The second-order valence-corrected chi connectivity index (χ2v) is 9.00. The second kappa shape index (κ2) is 11.2. The zero-order valence-corrected chi connectivity index (χ0v) is 19.8. The number of imidazole rings is 1. The number of methoxy groups -OCH3 is 1. The average Bonchev–Trinajstić information content (AvgIpc) is 3.24. The number of carboxylic acid groups (broad SMARTS) is 1. The van der Waals surface area contributed by atoms with Gasteiger partial charge in [0.15, 0.2) is 0 Å². The molecule has 1 N–H and O–H groups in total. The van der Waals surface area contributed by atoms with Gasteiger partial charge in [0.1, 0.15) is 18.1 Å². The normalized spacial score (nSPS) is 14.3. The lowest BCUT2D eigenvalue weighted by molar-refractivity contribution is -0.144. The van der Waals surface area contributed by atoms with Gasteiger partial charge in [0, 0.05) is 25.4 Å². The van der Waals surface area contributed by atoms with E-state index in [4.69, 9.17) is 9.72 Å². The molecule has 1 aromatic heterocycles. The number of para-hydroxylation sites is 2. The lowest BCUT2D eigenvalue weighted by Crippen LogP contribution is -2.37. The Hall–Kier alpha value is -3.35. The van der Waals surface area contributed by atoms with E-state index < -0.39 is 5.97 Å². The van der Waals surface area contributed by atoms with Crippen LogP contribution in [0.5, 0.6) is 5.75 Å². The number of nitrogens with zero attached hydrogens (tertiary/aromatic N) is 3. The molecule has 0 spiro atoms. The highest BCUT2D eigenvalue weighted by molar-refractivity contribution is 5.82. The Bertz CT molecular complexity index is 1120. The summed E-state index contributed by atoms with van der Waals surface area (Å²) < 4.78 is 7.37. The molecule has 0 radical (unpaired) electrons. The predicted molar refractivity (Wildman–Crippen MR) is 131 cm³/mol. The van der Waals surface area contributed by atoms with E-state index in [1.54, 1.807) is 7.11 Å². The third-order valence-corrected chi connectivity index (χ3v) is 6.71. The second-order valence-electron chi connectivity index (χ2n) is 9.00. The molecule has 1 aliphatic rings. The van der Waals surface area contributed by atoms with E-state index in [1.807, 2.05) is 42.5 Å². The quantitative estimate of drug-likeness (QED) is 0.474. The Morgan fingerprint density at radius 2 is 1.82 bits per heavy atom. The molecule has 0 saturated heterocycles. The highest BCUT2D eigenvalue weighted by atomic mass is 16.5. The minimum Gasteiger partial charge on any atom is -0.497 e. The number of carboxylic acids is 1. The number of amides is 1. The molecule has 34 heavy (non-hydrogen) atoms. The van der Waals surface area contributed by atoms with Crippen LogP contribution in [-0.4, -0.2) is 51.6 Å². The maximum Gasteiger partial charge on any atom is 0.323 e. The van der Waals surface area contributed by atoms with Crippen molar-refractivity contribution < 1.29 is 19.4 Å². The topological polar surface area (TPSA) is 84.7 Å². The van der Waals surface area contributed by atoms with Crippen molar-refractivity contribution in [2.45, 2.75) is 57.4 Å². The zero-order chi connectivity index (χ0) is 23.9. The van der Waals surface area contributed by atoms with Crippen LogP contribution in [0, 0.1) is 0 Å². The first kappa shape index (κ1) is 23.8. The van der Waals surface area contributed by atoms with E-state index in [0.717, 1.165) is 41.0 Å². The Morgan fingerprint density at radius 3 is 2.53 bits per heavy atom. The van der Waals surface area contributed by atoms with Gasteiger partial charge in [-0.3, -0.25) is 9.59 Å². The van der Waals surface area contributed by atoms with E-state index in [9.17, 15) is 14.7 Å². The number of carbonyl (C=O) groups is 2. The Balaban J connectivity index is 1.46. The molecule has 1 saturated carbocycles. The molecular formula is C27H33N3O4. The van der Waals surface area contributed by atoms with Crippen molar-refractivity contribution in [2.24, 2.45) is 0 Å². The summed E-state index contributed by atoms with van der Waals surface area (Å²) >= 11 is 0. The summed E-state index contributed by atoms with van der Waals surface area (Å²) in [5.41, 5.74) is 3.03. The Kier molecular flexibility index (Phi) is 7.83. The standard InChI is InChI=1S/C27H33N3O4/c1-34-22-13-11-20(12-14-22)15-17-29(19-26(32)33)25(31)16-18-30-24-10-6-5-9-23(24)28-27(30)21-7-3-2-4-8-21/h5-6,9-14,21H,2-4,7-8,15-19H2,1H3,(H,32,33). The molecule has 0 bridgehead atoms. The maximum atomic E-state index is 13.1. The summed E-state index contributed by atoms with van der Waals surface area (Å²) in [6, 6.07) is 15.7. The maximum absolute atomic E-state index is 13.1. The van der Waals surface area contributed by atoms with Crippen molar-refractivity contribution in [3.05, 3.63) is 59.9 Å². The molecule has 7 heteroatoms. The first-order valence-electron chi connectivity index (χ1n) is 12.1. The molecule has 7 nitrogen and oxygen atoms in total. The summed E-state index contributed by atoms with van der Waals surface area (Å²) in [6.45, 7) is 0.566. The Morgan fingerprint density at radius 1 is 1.09 bits per heavy atom. The van der Waals surface area contributed by atoms with Gasteiger partial charge in [-0.1, -0.05) is 43.5 Å². The summed E-state index contributed by atoms with van der Waals surface area (Å²) in [6.07, 6.45) is 6.79. The first-order valence-corrected chi connectivity index (χ1v) is 12.1. The number of aromatic nitrogens is 2. The molecular weight excluding hydrogens is 430 g/mol. The molecule has 0 unspecified atom stereocenters. The van der Waals surface area contributed by atoms with E-state index in [0.29, 0.717) is 25.4 Å². The van der Waals surface area contributed by atoms with Gasteiger partial charge in [0.05, 0.1) is 18.1 Å². The number of rotatable bonds is 10. The average molecular weight is 464 g/mol. The van der Waals surface area contributed by atoms with Crippen molar-refractivity contribution in [3.63, 3.8) is 0 Å². The summed E-state index contributed by atoms with van der Waals surface area (Å²) in [7, 11) is 1.62. The lowest BCUT2D eigenvalue weighted by Gasteiger charge is -2.24. The molecule has 1 aliphatic carbocycles. The number of carbonyl (C=O) groups excluding carboxylic acids is 1. The van der Waals surface area contributed by atoms with Gasteiger partial charge >= 0.3 is 5.97 Å². The van der Waals surface area contributed by atoms with Gasteiger partial charge in [-0.25, -0.2) is 4.98 Å². The van der Waals surface area contributed by atoms with Crippen LogP contribution < -0.4 is 4.74 Å². The highest BCUT2D eigenvalue weighted by Gasteiger charge is 2.24. The van der Waals surface area contributed by atoms with Crippen molar-refractivity contribution >= 4 is 22.9 Å². The molecule has 1 fully saturated rings. The molecule has 0 aliphatic heterocycles. The van der Waals surface area contributed by atoms with Crippen LogP contribution in [0.4, 0.5) is 0 Å². The number of aryl methyl sites for hydroxylation is 1. The molecule has 2 aromatic carbocycles. The van der Waals surface area contributed by atoms with Gasteiger partial charge in [0.25, 0.3) is 0 Å². The number of aliphatic carboxylic acids is 1. The molecule has 4 rings (SSSR count). The highest BCUT2D eigenvalue weighted by Crippen LogP contribution is 2.34. The molecule has 1 amide bonds. The molecule has 3 aromatic rings. The zero-order valence-electron chi connectivity index (χ0n) is 19.8. The minimum absolute atomic E-state index is 0.150. The third-order valence-electron chi connectivity index (χ3n) is 6.71. The van der Waals surface area contributed by atoms with E-state index in [-0.39, 0.29) is 18.9 Å². The van der Waals surface area contributed by atoms with Gasteiger partial charge < -0.3 is 19.3 Å². The van der Waals surface area contributed by atoms with Crippen molar-refractivity contribution in [3.8, 4) is 5.75 Å². The molecule has 180 valence electrons. The summed E-state index contributed by atoms with van der Waals surface area (Å²) in [4.78, 5) is 31.0. The van der Waals surface area contributed by atoms with Gasteiger partial charge in [-0.15, -0.1) is 0 Å². The molecule has 0 atom stereocenters. The van der Waals surface area contributed by atoms with Crippen molar-refractivity contribution in [1.82, 2.24) is 14.5 Å². The number of benzene rings is 2. The molecule has 1 heterocycles. The smallest absolute Gasteiger partial charge is 0.323 e. The van der Waals surface area contributed by atoms with Crippen LogP contribution in [0.1, 0.15) is 55.8 Å². The predicted octanol–water partition coefficient (Wildman–Crippen LogP) is 4.64. The number of hydrogen-bond acceptors (Lipinski definition) is 4. The summed E-state index contributed by atoms with van der Waals surface area (Å²) in [5.74, 6) is 1.10. The van der Waals surface area contributed by atoms with Crippen LogP contribution in [0.25, 0.3) is 11.0 Å². The number of ether oxygens (including phenoxy) is 1. The van der Waals surface area contributed by atoms with Gasteiger partial charge in [0.2, 0.25) is 5.91 Å². The van der Waals surface area contributed by atoms with Crippen molar-refractivity contribution in [2.75, 3.05) is 20.2 Å². The monoisotopic (exact) mass is 463 g/mol. The van der Waals surface area contributed by atoms with E-state index in [1.165, 1.54) is 24.2 Å². The van der Waals surface area contributed by atoms with Crippen LogP contribution >= 0.6 is 0 Å². The number of hydrogen-bond donors (Lipinski definition) is 1. The first-order chi connectivity index (χ1) is 16.5. The van der Waals surface area contributed by atoms with Crippen LogP contribution in [0.3, 0.4) is 0 Å². The largest absolute Gasteiger partial charge is 0.497 e. The fourth-order valence-electron chi connectivity index (χ4n) is 4.88. The fourth-order valence-corrected chi connectivity index (χ4v) is 4.88.